The second-order valence-electron chi connectivity index (χ2n) is 3.24. The van der Waals surface area contributed by atoms with Crippen LogP contribution in [0.15, 0.2) is 18.2 Å². The Labute approximate surface area is 100 Å². The van der Waals surface area contributed by atoms with Crippen molar-refractivity contribution >= 4 is 17.3 Å². The Morgan fingerprint density at radius 3 is 2.06 bits per heavy atom. The van der Waals surface area contributed by atoms with E-state index in [-0.39, 0.29) is 18.7 Å². The third-order valence-corrected chi connectivity index (χ3v) is 1.95. The predicted molar refractivity (Wildman–Crippen MR) is 58.6 cm³/mol. The predicted octanol–water partition coefficient (Wildman–Crippen LogP) is 0.505. The Hall–Kier alpha value is -2.55. The van der Waals surface area contributed by atoms with Crippen molar-refractivity contribution in [1.29, 1.82) is 0 Å². The first-order valence-electron chi connectivity index (χ1n) is 4.72. The summed E-state index contributed by atoms with van der Waals surface area (Å²) in [5, 5.41) is 21.2. The molecule has 96 valence electrons. The van der Waals surface area contributed by atoms with Crippen LogP contribution < -0.4 is 5.73 Å². The van der Waals surface area contributed by atoms with Gasteiger partial charge in [0.1, 0.15) is 6.61 Å². The van der Waals surface area contributed by atoms with Crippen molar-refractivity contribution in [2.24, 2.45) is 5.73 Å². The van der Waals surface area contributed by atoms with Gasteiger partial charge in [-0.3, -0.25) is 25.0 Å². The van der Waals surface area contributed by atoms with E-state index in [1.54, 1.807) is 0 Å². The fraction of sp³-hybridized carbons (Fsp3) is 0.222. The summed E-state index contributed by atoms with van der Waals surface area (Å²) in [6.07, 6.45) is 0. The fourth-order valence-corrected chi connectivity index (χ4v) is 1.17. The number of carbonyl (C=O) groups excluding carboxylic acids is 1. The number of hydrogen-bond acceptors (Lipinski definition) is 7. The van der Waals surface area contributed by atoms with Crippen LogP contribution in [0, 0.1) is 20.2 Å². The molecule has 0 saturated heterocycles. The number of esters is 1. The molecule has 1 rings (SSSR count). The van der Waals surface area contributed by atoms with Gasteiger partial charge in [0.15, 0.2) is 0 Å². The third-order valence-electron chi connectivity index (χ3n) is 1.95. The Morgan fingerprint density at radius 2 is 1.67 bits per heavy atom. The molecule has 0 amide bonds. The highest BCUT2D eigenvalue weighted by molar-refractivity contribution is 5.71. The van der Waals surface area contributed by atoms with Gasteiger partial charge in [-0.25, -0.2) is 0 Å². The van der Waals surface area contributed by atoms with E-state index in [1.807, 2.05) is 0 Å². The van der Waals surface area contributed by atoms with Gasteiger partial charge in [-0.1, -0.05) is 0 Å². The molecule has 9 nitrogen and oxygen atoms in total. The maximum atomic E-state index is 10.8. The summed E-state index contributed by atoms with van der Waals surface area (Å²) in [7, 11) is 0. The molecule has 0 atom stereocenters. The highest BCUT2D eigenvalue weighted by Gasteiger charge is 2.16. The fourth-order valence-electron chi connectivity index (χ4n) is 1.17. The lowest BCUT2D eigenvalue weighted by atomic mass is 10.2. The first-order chi connectivity index (χ1) is 8.43. The molecular formula is C9H9N3O6. The molecule has 2 N–H and O–H groups in total. The molecule has 0 fully saturated rings. The number of nitro groups is 2. The quantitative estimate of drug-likeness (QED) is 0.459. The Morgan fingerprint density at radius 1 is 1.17 bits per heavy atom. The zero-order valence-electron chi connectivity index (χ0n) is 9.07. The molecule has 0 heterocycles. The number of nitrogens with two attached hydrogens (primary N) is 1. The summed E-state index contributed by atoms with van der Waals surface area (Å²) < 4.78 is 4.64. The molecule has 1 aromatic rings. The summed E-state index contributed by atoms with van der Waals surface area (Å²) in [6, 6.07) is 3.02. The molecular weight excluding hydrogens is 246 g/mol. The first-order valence-corrected chi connectivity index (χ1v) is 4.72. The lowest BCUT2D eigenvalue weighted by Gasteiger charge is -2.03. The van der Waals surface area contributed by atoms with Crippen LogP contribution in [-0.2, 0) is 16.1 Å². The van der Waals surface area contributed by atoms with Crippen LogP contribution >= 0.6 is 0 Å². The third kappa shape index (κ3) is 3.49. The molecule has 0 radical (unpaired) electrons. The molecule has 18 heavy (non-hydrogen) atoms. The lowest BCUT2D eigenvalue weighted by molar-refractivity contribution is -0.394. The van der Waals surface area contributed by atoms with Gasteiger partial charge in [0.05, 0.1) is 22.5 Å². The molecule has 1 aromatic carbocycles. The topological polar surface area (TPSA) is 139 Å². The van der Waals surface area contributed by atoms with Gasteiger partial charge in [-0.2, -0.15) is 0 Å². The number of benzene rings is 1. The molecule has 0 aliphatic carbocycles. The summed E-state index contributed by atoms with van der Waals surface area (Å²) in [5.74, 6) is -0.704. The van der Waals surface area contributed by atoms with E-state index in [9.17, 15) is 25.0 Å². The molecule has 0 spiro atoms. The van der Waals surface area contributed by atoms with E-state index in [4.69, 9.17) is 5.73 Å². The average Bonchev–Trinajstić information content (AvgIpc) is 2.35. The number of hydrogen-bond donors (Lipinski definition) is 1. The van der Waals surface area contributed by atoms with E-state index in [0.717, 1.165) is 18.2 Å². The highest BCUT2D eigenvalue weighted by Crippen LogP contribution is 2.23. The molecule has 0 aromatic heterocycles. The zero-order valence-corrected chi connectivity index (χ0v) is 9.07. The Bertz CT molecular complexity index is 469. The van der Waals surface area contributed by atoms with Crippen molar-refractivity contribution in [1.82, 2.24) is 0 Å². The summed E-state index contributed by atoms with van der Waals surface area (Å²) in [5.41, 5.74) is 4.27. The molecule has 0 aliphatic heterocycles. The van der Waals surface area contributed by atoms with Crippen molar-refractivity contribution < 1.29 is 19.4 Å². The van der Waals surface area contributed by atoms with Gasteiger partial charge in [0, 0.05) is 17.7 Å². The molecule has 0 aliphatic rings. The molecule has 0 bridgehead atoms. The SMILES string of the molecule is NCC(=O)OCc1cc([N+](=O)[O-])cc([N+](=O)[O-])c1. The minimum atomic E-state index is -0.763. The van der Waals surface area contributed by atoms with Crippen LogP contribution in [-0.4, -0.2) is 22.4 Å². The lowest BCUT2D eigenvalue weighted by Crippen LogP contribution is -2.16. The molecule has 9 heteroatoms. The standard InChI is InChI=1S/C9H9N3O6/c10-4-9(13)18-5-6-1-7(11(14)15)3-8(2-6)12(16)17/h1-3H,4-5,10H2. The Balaban J connectivity index is 3.00. The van der Waals surface area contributed by atoms with Crippen LogP contribution in [0.4, 0.5) is 11.4 Å². The summed E-state index contributed by atoms with van der Waals surface area (Å²) in [4.78, 5) is 30.4. The number of non-ortho nitro benzene ring substituents is 2. The van der Waals surface area contributed by atoms with Gasteiger partial charge >= 0.3 is 5.97 Å². The van der Waals surface area contributed by atoms with Crippen LogP contribution in [0.2, 0.25) is 0 Å². The van der Waals surface area contributed by atoms with E-state index < -0.39 is 27.2 Å². The van der Waals surface area contributed by atoms with Crippen LogP contribution in [0.5, 0.6) is 0 Å². The minimum absolute atomic E-state index is 0.151. The van der Waals surface area contributed by atoms with E-state index >= 15 is 0 Å². The second-order valence-corrected chi connectivity index (χ2v) is 3.24. The van der Waals surface area contributed by atoms with E-state index in [2.05, 4.69) is 4.74 Å². The van der Waals surface area contributed by atoms with Crippen molar-refractivity contribution in [3.05, 3.63) is 44.0 Å². The van der Waals surface area contributed by atoms with Gasteiger partial charge in [0.25, 0.3) is 11.4 Å². The minimum Gasteiger partial charge on any atom is -0.460 e. The molecule has 0 unspecified atom stereocenters. The van der Waals surface area contributed by atoms with Crippen molar-refractivity contribution in [3.8, 4) is 0 Å². The monoisotopic (exact) mass is 255 g/mol. The van der Waals surface area contributed by atoms with Crippen molar-refractivity contribution in [3.63, 3.8) is 0 Å². The second kappa shape index (κ2) is 5.68. The maximum absolute atomic E-state index is 10.8. The number of nitro benzene ring substituents is 2. The van der Waals surface area contributed by atoms with E-state index in [1.165, 1.54) is 0 Å². The zero-order chi connectivity index (χ0) is 13.7. The number of rotatable bonds is 5. The van der Waals surface area contributed by atoms with Gasteiger partial charge < -0.3 is 10.5 Å². The van der Waals surface area contributed by atoms with Crippen LogP contribution in [0.3, 0.4) is 0 Å². The normalized spacial score (nSPS) is 9.83. The van der Waals surface area contributed by atoms with Gasteiger partial charge in [-0.05, 0) is 0 Å². The Kier molecular flexibility index (Phi) is 4.27. The van der Waals surface area contributed by atoms with E-state index in [0.29, 0.717) is 0 Å². The van der Waals surface area contributed by atoms with Gasteiger partial charge in [0.2, 0.25) is 0 Å². The maximum Gasteiger partial charge on any atom is 0.320 e. The largest absolute Gasteiger partial charge is 0.460 e. The highest BCUT2D eigenvalue weighted by atomic mass is 16.6. The molecule has 0 saturated carbocycles. The number of ether oxygens (including phenoxy) is 1. The van der Waals surface area contributed by atoms with Crippen molar-refractivity contribution in [2.75, 3.05) is 6.54 Å². The average molecular weight is 255 g/mol. The van der Waals surface area contributed by atoms with Crippen LogP contribution in [0.25, 0.3) is 0 Å². The summed E-state index contributed by atoms with van der Waals surface area (Å²) in [6.45, 7) is -0.643. The van der Waals surface area contributed by atoms with Crippen LogP contribution in [0.1, 0.15) is 5.56 Å². The summed E-state index contributed by atoms with van der Waals surface area (Å²) >= 11 is 0. The van der Waals surface area contributed by atoms with Gasteiger partial charge in [-0.15, -0.1) is 0 Å². The smallest absolute Gasteiger partial charge is 0.320 e. The number of carbonyl (C=O) groups is 1. The van der Waals surface area contributed by atoms with Crippen molar-refractivity contribution in [2.45, 2.75) is 6.61 Å². The number of nitrogens with zero attached hydrogens (tertiary/aromatic N) is 2. The first kappa shape index (κ1) is 13.5.